The minimum Gasteiger partial charge on any atom is -0.494 e. The summed E-state index contributed by atoms with van der Waals surface area (Å²) in [6, 6.07) is 16.1. The van der Waals surface area contributed by atoms with Crippen LogP contribution in [0.15, 0.2) is 53.9 Å². The van der Waals surface area contributed by atoms with Crippen LogP contribution < -0.4 is 10.1 Å². The summed E-state index contributed by atoms with van der Waals surface area (Å²) < 4.78 is 5.68. The van der Waals surface area contributed by atoms with Crippen LogP contribution in [-0.2, 0) is 17.8 Å². The van der Waals surface area contributed by atoms with Gasteiger partial charge >= 0.3 is 0 Å². The highest BCUT2D eigenvalue weighted by atomic mass is 32.1. The lowest BCUT2D eigenvalue weighted by Gasteiger charge is -2.32. The number of likely N-dealkylation sites (N-methyl/N-ethyl adjacent to an activating group) is 1. The monoisotopic (exact) mass is 478 g/mol. The quantitative estimate of drug-likeness (QED) is 0.419. The largest absolute Gasteiger partial charge is 0.494 e. The second-order valence-electron chi connectivity index (χ2n) is 8.88. The van der Waals surface area contributed by atoms with E-state index in [2.05, 4.69) is 53.4 Å². The first-order valence-corrected chi connectivity index (χ1v) is 12.9. The van der Waals surface area contributed by atoms with E-state index in [9.17, 15) is 4.79 Å². The van der Waals surface area contributed by atoms with Gasteiger partial charge in [-0.3, -0.25) is 9.69 Å². The van der Waals surface area contributed by atoms with Gasteiger partial charge < -0.3 is 15.0 Å². The van der Waals surface area contributed by atoms with Crippen molar-refractivity contribution in [2.75, 3.05) is 45.2 Å². The van der Waals surface area contributed by atoms with Crippen LogP contribution >= 0.6 is 11.3 Å². The van der Waals surface area contributed by atoms with E-state index in [1.165, 1.54) is 5.56 Å². The first kappa shape index (κ1) is 24.4. The standard InChI is InChI=1S/C27H34N4O2S/c1-3-4-16-33-25-10-8-23(9-11-25)28-26(32)18-24-20-34-27(29-24)22-7-5-6-21(17-22)19-31-14-12-30(2)13-15-31/h5-11,17,20H,3-4,12-16,18-19H2,1-2H3,(H,28,32). The molecule has 34 heavy (non-hydrogen) atoms. The lowest BCUT2D eigenvalue weighted by Crippen LogP contribution is -2.43. The van der Waals surface area contributed by atoms with Gasteiger partial charge in [0.05, 0.1) is 18.7 Å². The van der Waals surface area contributed by atoms with Crippen molar-refractivity contribution in [2.24, 2.45) is 0 Å². The van der Waals surface area contributed by atoms with E-state index < -0.39 is 0 Å². The van der Waals surface area contributed by atoms with E-state index >= 15 is 0 Å². The van der Waals surface area contributed by atoms with Crippen molar-refractivity contribution in [3.63, 3.8) is 0 Å². The van der Waals surface area contributed by atoms with Gasteiger partial charge in [0.25, 0.3) is 0 Å². The number of hydrogen-bond acceptors (Lipinski definition) is 6. The van der Waals surface area contributed by atoms with E-state index in [1.54, 1.807) is 11.3 Å². The van der Waals surface area contributed by atoms with Crippen molar-refractivity contribution < 1.29 is 9.53 Å². The van der Waals surface area contributed by atoms with E-state index in [0.717, 1.165) is 73.3 Å². The number of ether oxygens (including phenoxy) is 1. The highest BCUT2D eigenvalue weighted by Gasteiger charge is 2.15. The number of hydrogen-bond donors (Lipinski definition) is 1. The Kier molecular flexibility index (Phi) is 8.68. The molecule has 0 unspecified atom stereocenters. The summed E-state index contributed by atoms with van der Waals surface area (Å²) in [5, 5.41) is 5.89. The molecule has 2 heterocycles. The van der Waals surface area contributed by atoms with Crippen LogP contribution in [0, 0.1) is 0 Å². The van der Waals surface area contributed by atoms with Crippen LogP contribution in [0.2, 0.25) is 0 Å². The van der Waals surface area contributed by atoms with Gasteiger partial charge in [-0.25, -0.2) is 4.98 Å². The van der Waals surface area contributed by atoms with Crippen LogP contribution in [0.3, 0.4) is 0 Å². The molecule has 0 aliphatic carbocycles. The molecule has 0 atom stereocenters. The van der Waals surface area contributed by atoms with Crippen molar-refractivity contribution >= 4 is 22.9 Å². The van der Waals surface area contributed by atoms with Crippen molar-refractivity contribution in [3.8, 4) is 16.3 Å². The number of thiazole rings is 1. The van der Waals surface area contributed by atoms with E-state index in [4.69, 9.17) is 9.72 Å². The first-order valence-electron chi connectivity index (χ1n) is 12.1. The topological polar surface area (TPSA) is 57.7 Å². The van der Waals surface area contributed by atoms with Gasteiger partial charge in [-0.05, 0) is 49.4 Å². The highest BCUT2D eigenvalue weighted by molar-refractivity contribution is 7.13. The average Bonchev–Trinajstić information content (AvgIpc) is 3.30. The highest BCUT2D eigenvalue weighted by Crippen LogP contribution is 2.26. The number of benzene rings is 2. The zero-order valence-electron chi connectivity index (χ0n) is 20.1. The molecule has 0 saturated carbocycles. The zero-order chi connectivity index (χ0) is 23.8. The number of nitrogens with one attached hydrogen (secondary N) is 1. The SMILES string of the molecule is CCCCOc1ccc(NC(=O)Cc2csc(-c3cccc(CN4CCN(C)CC4)c3)n2)cc1. The molecule has 1 amide bonds. The number of carbonyl (C=O) groups excluding carboxylic acids is 1. The Morgan fingerprint density at radius 3 is 2.68 bits per heavy atom. The smallest absolute Gasteiger partial charge is 0.230 e. The molecule has 1 aromatic heterocycles. The molecule has 2 aromatic carbocycles. The van der Waals surface area contributed by atoms with Crippen molar-refractivity contribution in [1.29, 1.82) is 0 Å². The maximum absolute atomic E-state index is 12.5. The fourth-order valence-electron chi connectivity index (χ4n) is 3.93. The van der Waals surface area contributed by atoms with E-state index in [1.807, 2.05) is 29.6 Å². The van der Waals surface area contributed by atoms with Gasteiger partial charge in [-0.2, -0.15) is 0 Å². The molecule has 1 N–H and O–H groups in total. The number of anilines is 1. The van der Waals surface area contributed by atoms with Crippen LogP contribution in [0.4, 0.5) is 5.69 Å². The molecule has 0 bridgehead atoms. The number of aromatic nitrogens is 1. The molecule has 4 rings (SSSR count). The van der Waals surface area contributed by atoms with Crippen LogP contribution in [-0.4, -0.2) is 60.5 Å². The van der Waals surface area contributed by atoms with Crippen LogP contribution in [0.25, 0.3) is 10.6 Å². The normalized spacial score (nSPS) is 14.8. The number of nitrogens with zero attached hydrogens (tertiary/aromatic N) is 3. The lowest BCUT2D eigenvalue weighted by molar-refractivity contribution is -0.115. The molecular formula is C27H34N4O2S. The maximum atomic E-state index is 12.5. The summed E-state index contributed by atoms with van der Waals surface area (Å²) in [6.07, 6.45) is 2.40. The second-order valence-corrected chi connectivity index (χ2v) is 9.73. The molecule has 1 fully saturated rings. The third-order valence-electron chi connectivity index (χ3n) is 5.97. The minimum absolute atomic E-state index is 0.0691. The van der Waals surface area contributed by atoms with Crippen molar-refractivity contribution in [1.82, 2.24) is 14.8 Å². The maximum Gasteiger partial charge on any atom is 0.230 e. The Balaban J connectivity index is 1.30. The van der Waals surface area contributed by atoms with Crippen molar-refractivity contribution in [2.45, 2.75) is 32.7 Å². The Labute approximate surface area is 206 Å². The Hall–Kier alpha value is -2.74. The van der Waals surface area contributed by atoms with Gasteiger partial charge in [0.15, 0.2) is 0 Å². The molecule has 180 valence electrons. The summed E-state index contributed by atoms with van der Waals surface area (Å²) in [5.74, 6) is 0.755. The van der Waals surface area contributed by atoms with Crippen molar-refractivity contribution in [3.05, 3.63) is 65.2 Å². The second kappa shape index (κ2) is 12.1. The predicted octanol–water partition coefficient (Wildman–Crippen LogP) is 4.92. The Morgan fingerprint density at radius 1 is 1.12 bits per heavy atom. The fourth-order valence-corrected chi connectivity index (χ4v) is 4.74. The van der Waals surface area contributed by atoms with Gasteiger partial charge in [-0.1, -0.05) is 31.5 Å². The summed E-state index contributed by atoms with van der Waals surface area (Å²) >= 11 is 1.59. The molecule has 0 spiro atoms. The molecule has 1 saturated heterocycles. The molecule has 3 aromatic rings. The number of rotatable bonds is 10. The molecular weight excluding hydrogens is 444 g/mol. The number of amides is 1. The molecule has 7 heteroatoms. The Bertz CT molecular complexity index is 1060. The van der Waals surface area contributed by atoms with Gasteiger partial charge in [0, 0.05) is 49.4 Å². The van der Waals surface area contributed by atoms with Gasteiger partial charge in [0.2, 0.25) is 5.91 Å². The lowest BCUT2D eigenvalue weighted by atomic mass is 10.1. The van der Waals surface area contributed by atoms with E-state index in [-0.39, 0.29) is 12.3 Å². The molecule has 6 nitrogen and oxygen atoms in total. The Morgan fingerprint density at radius 2 is 1.91 bits per heavy atom. The minimum atomic E-state index is -0.0691. The third kappa shape index (κ3) is 7.13. The summed E-state index contributed by atoms with van der Waals surface area (Å²) in [5.41, 5.74) is 3.97. The first-order chi connectivity index (χ1) is 16.6. The number of unbranched alkanes of at least 4 members (excludes halogenated alkanes) is 1. The number of carbonyl (C=O) groups is 1. The summed E-state index contributed by atoms with van der Waals surface area (Å²) in [7, 11) is 2.18. The average molecular weight is 479 g/mol. The van der Waals surface area contributed by atoms with Crippen LogP contribution in [0.5, 0.6) is 5.75 Å². The predicted molar refractivity (Wildman–Crippen MR) is 140 cm³/mol. The van der Waals surface area contributed by atoms with Gasteiger partial charge in [0.1, 0.15) is 10.8 Å². The van der Waals surface area contributed by atoms with Gasteiger partial charge in [-0.15, -0.1) is 11.3 Å². The third-order valence-corrected chi connectivity index (χ3v) is 6.91. The summed E-state index contributed by atoms with van der Waals surface area (Å²) in [6.45, 7) is 8.26. The number of piperazine rings is 1. The molecule has 0 radical (unpaired) electrons. The molecule has 1 aliphatic heterocycles. The summed E-state index contributed by atoms with van der Waals surface area (Å²) in [4.78, 5) is 22.1. The fraction of sp³-hybridized carbons (Fsp3) is 0.407. The zero-order valence-corrected chi connectivity index (χ0v) is 20.9. The van der Waals surface area contributed by atoms with E-state index in [0.29, 0.717) is 6.61 Å². The molecule has 1 aliphatic rings. The van der Waals surface area contributed by atoms with Crippen LogP contribution in [0.1, 0.15) is 31.0 Å².